The maximum Gasteiger partial charge on any atom is 0.408 e. The first-order valence-corrected chi connectivity index (χ1v) is 11.4. The van der Waals surface area contributed by atoms with E-state index in [-0.39, 0.29) is 19.1 Å². The van der Waals surface area contributed by atoms with Crippen LogP contribution in [-0.2, 0) is 21.4 Å². The standard InChI is InChI=1S/C26H28N4O5/c1-4-30(16(2)25(32)33)24(31)23(17-13-27-29(3)14-17)28-26(34)35-15-22-20-11-7-5-9-18(20)19-10-6-8-12-21(19)22/h5-14,16,22-23H,4,15H2,1-3H3,(H,28,34)(H,32,33). The number of rotatable bonds is 8. The van der Waals surface area contributed by atoms with Crippen LogP contribution in [0.25, 0.3) is 11.1 Å². The summed E-state index contributed by atoms with van der Waals surface area (Å²) < 4.78 is 7.11. The van der Waals surface area contributed by atoms with Gasteiger partial charge in [0.1, 0.15) is 18.7 Å². The van der Waals surface area contributed by atoms with Crippen LogP contribution in [0.1, 0.15) is 42.5 Å². The van der Waals surface area contributed by atoms with Crippen molar-refractivity contribution in [2.45, 2.75) is 31.8 Å². The van der Waals surface area contributed by atoms with E-state index in [2.05, 4.69) is 10.4 Å². The minimum Gasteiger partial charge on any atom is -0.480 e. The number of hydrogen-bond donors (Lipinski definition) is 2. The van der Waals surface area contributed by atoms with Gasteiger partial charge in [0, 0.05) is 31.3 Å². The topological polar surface area (TPSA) is 114 Å². The van der Waals surface area contributed by atoms with Gasteiger partial charge in [-0.1, -0.05) is 48.5 Å². The molecule has 0 fully saturated rings. The van der Waals surface area contributed by atoms with Crippen molar-refractivity contribution >= 4 is 18.0 Å². The molecule has 1 heterocycles. The zero-order chi connectivity index (χ0) is 25.1. The van der Waals surface area contributed by atoms with E-state index in [0.29, 0.717) is 5.56 Å². The van der Waals surface area contributed by atoms with Gasteiger partial charge in [-0.05, 0) is 36.1 Å². The highest BCUT2D eigenvalue weighted by molar-refractivity contribution is 5.90. The first-order chi connectivity index (χ1) is 16.8. The van der Waals surface area contributed by atoms with Gasteiger partial charge < -0.3 is 20.1 Å². The minimum atomic E-state index is -1.14. The van der Waals surface area contributed by atoms with Crippen LogP contribution in [0.2, 0.25) is 0 Å². The lowest BCUT2D eigenvalue weighted by Gasteiger charge is -2.29. The number of aryl methyl sites for hydroxylation is 1. The third kappa shape index (κ3) is 4.75. The van der Waals surface area contributed by atoms with Crippen LogP contribution in [0.5, 0.6) is 0 Å². The molecule has 0 aliphatic heterocycles. The summed E-state index contributed by atoms with van der Waals surface area (Å²) in [5, 5.41) is 16.1. The Morgan fingerprint density at radius 3 is 2.23 bits per heavy atom. The SMILES string of the molecule is CCN(C(=O)C(NC(=O)OCC1c2ccccc2-c2ccccc21)c1cnn(C)c1)C(C)C(=O)O. The molecular formula is C26H28N4O5. The molecule has 9 nitrogen and oxygen atoms in total. The van der Waals surface area contributed by atoms with E-state index < -0.39 is 30.1 Å². The number of nitrogens with one attached hydrogen (secondary N) is 1. The number of aliphatic carboxylic acids is 1. The lowest BCUT2D eigenvalue weighted by atomic mass is 9.98. The van der Waals surface area contributed by atoms with Crippen LogP contribution < -0.4 is 5.32 Å². The minimum absolute atomic E-state index is 0.0941. The smallest absolute Gasteiger partial charge is 0.408 e. The van der Waals surface area contributed by atoms with Crippen molar-refractivity contribution in [3.8, 4) is 11.1 Å². The number of alkyl carbamates (subject to hydrolysis) is 1. The van der Waals surface area contributed by atoms with Gasteiger partial charge >= 0.3 is 12.1 Å². The molecule has 0 spiro atoms. The van der Waals surface area contributed by atoms with Crippen LogP contribution in [0, 0.1) is 0 Å². The summed E-state index contributed by atoms with van der Waals surface area (Å²) in [4.78, 5) is 38.9. The Labute approximate surface area is 203 Å². The monoisotopic (exact) mass is 476 g/mol. The summed E-state index contributed by atoms with van der Waals surface area (Å²) in [5.41, 5.74) is 4.81. The molecule has 1 aliphatic rings. The summed E-state index contributed by atoms with van der Waals surface area (Å²) in [5.74, 6) is -1.81. The zero-order valence-corrected chi connectivity index (χ0v) is 19.8. The number of nitrogens with zero attached hydrogens (tertiary/aromatic N) is 3. The van der Waals surface area contributed by atoms with Crippen molar-refractivity contribution < 1.29 is 24.2 Å². The van der Waals surface area contributed by atoms with Gasteiger partial charge in [0.15, 0.2) is 0 Å². The number of fused-ring (bicyclic) bond motifs is 3. The Hall–Kier alpha value is -4.14. The van der Waals surface area contributed by atoms with E-state index >= 15 is 0 Å². The first kappa shape index (κ1) is 24.0. The summed E-state index contributed by atoms with van der Waals surface area (Å²) in [6.07, 6.45) is 2.30. The Bertz CT molecular complexity index is 1210. The highest BCUT2D eigenvalue weighted by Crippen LogP contribution is 2.44. The quantitative estimate of drug-likeness (QED) is 0.516. The molecule has 2 aromatic carbocycles. The molecule has 1 aliphatic carbocycles. The lowest BCUT2D eigenvalue weighted by Crippen LogP contribution is -2.49. The average molecular weight is 477 g/mol. The summed E-state index contributed by atoms with van der Waals surface area (Å²) in [7, 11) is 1.69. The van der Waals surface area contributed by atoms with Gasteiger partial charge in [0.25, 0.3) is 5.91 Å². The number of aromatic nitrogens is 2. The number of ether oxygens (including phenoxy) is 1. The number of amides is 2. The first-order valence-electron chi connectivity index (χ1n) is 11.4. The third-order valence-corrected chi connectivity index (χ3v) is 6.36. The molecule has 1 aromatic heterocycles. The van der Waals surface area contributed by atoms with Crippen molar-refractivity contribution in [1.82, 2.24) is 20.0 Å². The molecule has 3 aromatic rings. The number of likely N-dealkylation sites (N-methyl/N-ethyl adjacent to an activating group) is 1. The van der Waals surface area contributed by atoms with Gasteiger partial charge in [-0.2, -0.15) is 5.10 Å². The molecule has 35 heavy (non-hydrogen) atoms. The van der Waals surface area contributed by atoms with E-state index in [1.807, 2.05) is 48.5 Å². The Morgan fingerprint density at radius 1 is 1.11 bits per heavy atom. The summed E-state index contributed by atoms with van der Waals surface area (Å²) in [6.45, 7) is 3.37. The van der Waals surface area contributed by atoms with Crippen LogP contribution in [0.15, 0.2) is 60.9 Å². The Kier molecular flexibility index (Phi) is 6.86. The normalized spacial score (nSPS) is 13.9. The molecule has 0 saturated heterocycles. The van der Waals surface area contributed by atoms with Crippen LogP contribution in [0.4, 0.5) is 4.79 Å². The number of carboxylic acids is 1. The maximum absolute atomic E-state index is 13.3. The molecule has 0 saturated carbocycles. The van der Waals surface area contributed by atoms with Crippen molar-refractivity contribution in [3.63, 3.8) is 0 Å². The third-order valence-electron chi connectivity index (χ3n) is 6.36. The predicted octanol–water partition coefficient (Wildman–Crippen LogP) is 3.32. The average Bonchev–Trinajstić information content (AvgIpc) is 3.42. The number of carbonyl (C=O) groups is 3. The molecule has 2 unspecified atom stereocenters. The van der Waals surface area contributed by atoms with Crippen molar-refractivity contribution in [2.24, 2.45) is 7.05 Å². The highest BCUT2D eigenvalue weighted by atomic mass is 16.5. The maximum atomic E-state index is 13.3. The highest BCUT2D eigenvalue weighted by Gasteiger charge is 2.34. The lowest BCUT2D eigenvalue weighted by molar-refractivity contribution is -0.150. The van der Waals surface area contributed by atoms with Crippen LogP contribution in [0.3, 0.4) is 0 Å². The second-order valence-electron chi connectivity index (χ2n) is 8.49. The summed E-state index contributed by atoms with van der Waals surface area (Å²) >= 11 is 0. The molecule has 4 rings (SSSR count). The molecule has 2 N–H and O–H groups in total. The molecule has 9 heteroatoms. The van der Waals surface area contributed by atoms with Gasteiger partial charge in [-0.25, -0.2) is 9.59 Å². The van der Waals surface area contributed by atoms with Gasteiger partial charge in [0.05, 0.1) is 6.20 Å². The largest absolute Gasteiger partial charge is 0.480 e. The van der Waals surface area contributed by atoms with Gasteiger partial charge in [-0.15, -0.1) is 0 Å². The van der Waals surface area contributed by atoms with E-state index in [0.717, 1.165) is 22.3 Å². The fourth-order valence-corrected chi connectivity index (χ4v) is 4.55. The second-order valence-corrected chi connectivity index (χ2v) is 8.49. The van der Waals surface area contributed by atoms with Crippen molar-refractivity contribution in [2.75, 3.05) is 13.2 Å². The van der Waals surface area contributed by atoms with Crippen LogP contribution >= 0.6 is 0 Å². The second kappa shape index (κ2) is 10.0. The van der Waals surface area contributed by atoms with E-state index in [1.54, 1.807) is 20.2 Å². The van der Waals surface area contributed by atoms with Crippen molar-refractivity contribution in [1.29, 1.82) is 0 Å². The molecule has 0 bridgehead atoms. The van der Waals surface area contributed by atoms with Crippen molar-refractivity contribution in [3.05, 3.63) is 77.6 Å². The van der Waals surface area contributed by atoms with E-state index in [9.17, 15) is 19.5 Å². The van der Waals surface area contributed by atoms with E-state index in [1.165, 1.54) is 22.7 Å². The molecule has 182 valence electrons. The van der Waals surface area contributed by atoms with Gasteiger partial charge in [0.2, 0.25) is 0 Å². The van der Waals surface area contributed by atoms with Crippen LogP contribution in [-0.4, -0.2) is 57.0 Å². The van der Waals surface area contributed by atoms with E-state index in [4.69, 9.17) is 4.74 Å². The number of benzene rings is 2. The molecule has 2 atom stereocenters. The molecule has 2 amide bonds. The fraction of sp³-hybridized carbons (Fsp3) is 0.308. The Morgan fingerprint density at radius 2 is 1.71 bits per heavy atom. The molecule has 0 radical (unpaired) electrons. The fourth-order valence-electron chi connectivity index (χ4n) is 4.55. The number of hydrogen-bond acceptors (Lipinski definition) is 5. The Balaban J connectivity index is 1.52. The zero-order valence-electron chi connectivity index (χ0n) is 19.8. The predicted molar refractivity (Wildman–Crippen MR) is 129 cm³/mol. The number of carboxylic acid groups (broad SMARTS) is 1. The number of carbonyl (C=O) groups excluding carboxylic acids is 2. The summed E-state index contributed by atoms with van der Waals surface area (Å²) in [6, 6.07) is 13.8. The van der Waals surface area contributed by atoms with Gasteiger partial charge in [-0.3, -0.25) is 9.48 Å². The molecular weight excluding hydrogens is 448 g/mol.